The molecular weight excluding hydrogens is 409 g/mol. The zero-order valence-electron chi connectivity index (χ0n) is 14.4. The molecule has 1 aliphatic heterocycles. The summed E-state index contributed by atoms with van der Waals surface area (Å²) >= 11 is 12.5. The quantitative estimate of drug-likeness (QED) is 0.340. The number of ether oxygens (including phenoxy) is 1. The standard InChI is InChI=1S/C18H13Cl2N3O5/c1-22-17(24)15(21-18(22)25)8-11-6-13(19)16(14(20)7-11)28-9-10-2-4-12(5-3-10)23(26)27/h2-8H,9H2,1H3,(H,21,25)/b15-8+. The Hall–Kier alpha value is -3.10. The molecule has 0 bridgehead atoms. The van der Waals surface area contributed by atoms with E-state index in [-0.39, 0.29) is 33.8 Å². The number of rotatable bonds is 5. The summed E-state index contributed by atoms with van der Waals surface area (Å²) in [4.78, 5) is 34.6. The van der Waals surface area contributed by atoms with Crippen molar-refractivity contribution in [2.45, 2.75) is 6.61 Å². The van der Waals surface area contributed by atoms with Crippen LogP contribution in [-0.2, 0) is 11.4 Å². The van der Waals surface area contributed by atoms with Crippen molar-refractivity contribution in [3.8, 4) is 5.75 Å². The molecule has 0 saturated carbocycles. The first-order valence-electron chi connectivity index (χ1n) is 7.92. The molecule has 0 aliphatic carbocycles. The van der Waals surface area contributed by atoms with E-state index in [1.54, 1.807) is 24.3 Å². The minimum absolute atomic E-state index is 0.0172. The third kappa shape index (κ3) is 4.08. The molecule has 2 aromatic rings. The summed E-state index contributed by atoms with van der Waals surface area (Å²) in [5.41, 5.74) is 1.30. The number of nitro benzene ring substituents is 1. The van der Waals surface area contributed by atoms with Crippen LogP contribution < -0.4 is 10.1 Å². The van der Waals surface area contributed by atoms with Gasteiger partial charge in [-0.05, 0) is 41.5 Å². The highest BCUT2D eigenvalue weighted by atomic mass is 35.5. The van der Waals surface area contributed by atoms with E-state index >= 15 is 0 Å². The van der Waals surface area contributed by atoms with Crippen molar-refractivity contribution < 1.29 is 19.2 Å². The van der Waals surface area contributed by atoms with Crippen LogP contribution >= 0.6 is 23.2 Å². The lowest BCUT2D eigenvalue weighted by Crippen LogP contribution is -2.25. The summed E-state index contributed by atoms with van der Waals surface area (Å²) in [6.07, 6.45) is 1.46. The molecule has 1 fully saturated rings. The van der Waals surface area contributed by atoms with Crippen molar-refractivity contribution >= 4 is 46.9 Å². The molecule has 2 aromatic carbocycles. The van der Waals surface area contributed by atoms with Crippen LogP contribution in [0, 0.1) is 10.1 Å². The number of amides is 3. The second-order valence-electron chi connectivity index (χ2n) is 5.88. The predicted octanol–water partition coefficient (Wildman–Crippen LogP) is 4.00. The normalized spacial score (nSPS) is 15.1. The fraction of sp³-hybridized carbons (Fsp3) is 0.111. The maximum atomic E-state index is 11.9. The smallest absolute Gasteiger partial charge is 0.328 e. The van der Waals surface area contributed by atoms with Crippen LogP contribution in [0.1, 0.15) is 11.1 Å². The molecule has 1 N–H and O–H groups in total. The number of imide groups is 1. The lowest BCUT2D eigenvalue weighted by Gasteiger charge is -2.11. The first-order chi connectivity index (χ1) is 13.3. The lowest BCUT2D eigenvalue weighted by atomic mass is 10.1. The second kappa shape index (κ2) is 7.87. The third-order valence-electron chi connectivity index (χ3n) is 3.94. The second-order valence-corrected chi connectivity index (χ2v) is 6.69. The SMILES string of the molecule is CN1C(=O)N/C(=C/c2cc(Cl)c(OCc3ccc([N+](=O)[O-])cc3)c(Cl)c2)C1=O. The average molecular weight is 422 g/mol. The predicted molar refractivity (Wildman–Crippen MR) is 103 cm³/mol. The molecule has 1 aliphatic rings. The number of nitro groups is 1. The topological polar surface area (TPSA) is 102 Å². The molecule has 0 spiro atoms. The number of nitrogens with zero attached hydrogens (tertiary/aromatic N) is 2. The van der Waals surface area contributed by atoms with Crippen LogP contribution in [0.5, 0.6) is 5.75 Å². The zero-order valence-corrected chi connectivity index (χ0v) is 16.0. The Morgan fingerprint density at radius 3 is 2.29 bits per heavy atom. The van der Waals surface area contributed by atoms with Gasteiger partial charge in [0.15, 0.2) is 5.75 Å². The van der Waals surface area contributed by atoms with Crippen LogP contribution in [0.4, 0.5) is 10.5 Å². The van der Waals surface area contributed by atoms with E-state index in [1.165, 1.54) is 25.3 Å². The van der Waals surface area contributed by atoms with Gasteiger partial charge in [-0.2, -0.15) is 0 Å². The molecule has 3 amide bonds. The maximum absolute atomic E-state index is 11.9. The van der Waals surface area contributed by atoms with Gasteiger partial charge in [0.2, 0.25) is 0 Å². The largest absolute Gasteiger partial charge is 0.486 e. The van der Waals surface area contributed by atoms with Crippen molar-refractivity contribution in [1.29, 1.82) is 0 Å². The van der Waals surface area contributed by atoms with Gasteiger partial charge < -0.3 is 10.1 Å². The van der Waals surface area contributed by atoms with Crippen LogP contribution in [0.15, 0.2) is 42.1 Å². The van der Waals surface area contributed by atoms with Crippen molar-refractivity contribution in [3.05, 3.63) is 73.4 Å². The first kappa shape index (κ1) is 19.7. The summed E-state index contributed by atoms with van der Waals surface area (Å²) in [5.74, 6) is -0.224. The number of hydrogen-bond donors (Lipinski definition) is 1. The Bertz CT molecular complexity index is 982. The summed E-state index contributed by atoms with van der Waals surface area (Å²) in [7, 11) is 1.37. The van der Waals surface area contributed by atoms with Gasteiger partial charge in [-0.1, -0.05) is 23.2 Å². The summed E-state index contributed by atoms with van der Waals surface area (Å²) in [6, 6.07) is 8.47. The molecule has 1 saturated heterocycles. The molecule has 28 heavy (non-hydrogen) atoms. The molecule has 0 radical (unpaired) electrons. The van der Waals surface area contributed by atoms with Crippen LogP contribution in [-0.4, -0.2) is 28.8 Å². The molecule has 0 atom stereocenters. The fourth-order valence-corrected chi connectivity index (χ4v) is 3.07. The van der Waals surface area contributed by atoms with E-state index in [0.717, 1.165) is 4.90 Å². The Labute approximate surface area is 169 Å². The van der Waals surface area contributed by atoms with Gasteiger partial charge in [-0.25, -0.2) is 4.79 Å². The van der Waals surface area contributed by atoms with Gasteiger partial charge >= 0.3 is 6.03 Å². The Morgan fingerprint density at radius 1 is 1.18 bits per heavy atom. The van der Waals surface area contributed by atoms with Gasteiger partial charge in [0.05, 0.1) is 15.0 Å². The number of likely N-dealkylation sites (N-methyl/N-ethyl adjacent to an activating group) is 1. The fourth-order valence-electron chi connectivity index (χ4n) is 2.46. The zero-order chi connectivity index (χ0) is 20.4. The molecule has 0 aromatic heterocycles. The number of hydrogen-bond acceptors (Lipinski definition) is 5. The van der Waals surface area contributed by atoms with E-state index in [1.807, 2.05) is 0 Å². The molecule has 144 valence electrons. The number of nitrogens with one attached hydrogen (secondary N) is 1. The highest BCUT2D eigenvalue weighted by Crippen LogP contribution is 2.35. The molecule has 8 nitrogen and oxygen atoms in total. The third-order valence-corrected chi connectivity index (χ3v) is 4.50. The number of carbonyl (C=O) groups is 2. The number of benzene rings is 2. The van der Waals surface area contributed by atoms with E-state index in [2.05, 4.69) is 5.32 Å². The molecular formula is C18H13Cl2N3O5. The van der Waals surface area contributed by atoms with Crippen molar-refractivity contribution in [2.75, 3.05) is 7.05 Å². The summed E-state index contributed by atoms with van der Waals surface area (Å²) in [5, 5.41) is 13.6. The highest BCUT2D eigenvalue weighted by molar-refractivity contribution is 6.37. The first-order valence-corrected chi connectivity index (χ1v) is 8.68. The number of halogens is 2. The van der Waals surface area contributed by atoms with Crippen molar-refractivity contribution in [2.24, 2.45) is 0 Å². The summed E-state index contributed by atoms with van der Waals surface area (Å²) in [6.45, 7) is 0.108. The van der Waals surface area contributed by atoms with Crippen LogP contribution in [0.3, 0.4) is 0 Å². The van der Waals surface area contributed by atoms with E-state index in [0.29, 0.717) is 11.1 Å². The van der Waals surface area contributed by atoms with Gasteiger partial charge in [-0.3, -0.25) is 19.8 Å². The highest BCUT2D eigenvalue weighted by Gasteiger charge is 2.30. The lowest BCUT2D eigenvalue weighted by molar-refractivity contribution is -0.384. The minimum atomic E-state index is -0.517. The van der Waals surface area contributed by atoms with Crippen molar-refractivity contribution in [1.82, 2.24) is 10.2 Å². The molecule has 3 rings (SSSR count). The van der Waals surface area contributed by atoms with E-state index in [9.17, 15) is 19.7 Å². The van der Waals surface area contributed by atoms with Crippen molar-refractivity contribution in [3.63, 3.8) is 0 Å². The number of non-ortho nitro benzene ring substituents is 1. The molecule has 10 heteroatoms. The van der Waals surface area contributed by atoms with Gasteiger partial charge in [0.25, 0.3) is 11.6 Å². The Kier molecular flexibility index (Phi) is 5.53. The number of urea groups is 1. The monoisotopic (exact) mass is 421 g/mol. The van der Waals surface area contributed by atoms with Gasteiger partial charge in [0.1, 0.15) is 12.3 Å². The van der Waals surface area contributed by atoms with E-state index < -0.39 is 16.9 Å². The average Bonchev–Trinajstić information content (AvgIpc) is 2.88. The molecule has 0 unspecified atom stereocenters. The molecule has 1 heterocycles. The number of carbonyl (C=O) groups excluding carboxylic acids is 2. The van der Waals surface area contributed by atoms with Gasteiger partial charge in [-0.15, -0.1) is 0 Å². The van der Waals surface area contributed by atoms with Crippen LogP contribution in [0.25, 0.3) is 6.08 Å². The minimum Gasteiger partial charge on any atom is -0.486 e. The van der Waals surface area contributed by atoms with Gasteiger partial charge in [0, 0.05) is 19.2 Å². The summed E-state index contributed by atoms with van der Waals surface area (Å²) < 4.78 is 5.63. The Morgan fingerprint density at radius 2 is 1.79 bits per heavy atom. The maximum Gasteiger partial charge on any atom is 0.328 e. The Balaban J connectivity index is 1.76. The van der Waals surface area contributed by atoms with Crippen LogP contribution in [0.2, 0.25) is 10.0 Å². The van der Waals surface area contributed by atoms with E-state index in [4.69, 9.17) is 27.9 Å².